The van der Waals surface area contributed by atoms with Crippen LogP contribution in [-0.2, 0) is 0 Å². The lowest BCUT2D eigenvalue weighted by Crippen LogP contribution is -2.24. The lowest BCUT2D eigenvalue weighted by atomic mass is 10.2. The van der Waals surface area contributed by atoms with Crippen LogP contribution in [0.25, 0.3) is 0 Å². The smallest absolute Gasteiger partial charge is 0.251 e. The molecule has 4 nitrogen and oxygen atoms in total. The van der Waals surface area contributed by atoms with E-state index in [2.05, 4.69) is 37.2 Å². The fourth-order valence-corrected chi connectivity index (χ4v) is 3.89. The molecule has 156 valence electrons. The van der Waals surface area contributed by atoms with Crippen LogP contribution in [0.4, 0.5) is 0 Å². The summed E-state index contributed by atoms with van der Waals surface area (Å²) in [6.07, 6.45) is 3.14. The third kappa shape index (κ3) is 8.77. The zero-order chi connectivity index (χ0) is 21.2. The zero-order valence-electron chi connectivity index (χ0n) is 15.2. The van der Waals surface area contributed by atoms with Gasteiger partial charge in [0.2, 0.25) is 0 Å². The highest BCUT2D eigenvalue weighted by Gasteiger charge is 2.10. The Hall–Kier alpha value is -0.920. The second-order valence-electron chi connectivity index (χ2n) is 5.84. The quantitative estimate of drug-likeness (QED) is 0.301. The number of ether oxygens (including phenoxy) is 2. The lowest BCUT2D eigenvalue weighted by Gasteiger charge is -2.13. The maximum absolute atomic E-state index is 12.0. The van der Waals surface area contributed by atoms with E-state index in [1.165, 1.54) is 0 Å². The average Bonchev–Trinajstić information content (AvgIpc) is 2.66. The van der Waals surface area contributed by atoms with E-state index in [0.717, 1.165) is 21.8 Å². The van der Waals surface area contributed by atoms with Crippen LogP contribution >= 0.6 is 66.7 Å². The first kappa shape index (κ1) is 24.4. The van der Waals surface area contributed by atoms with Crippen molar-refractivity contribution >= 4 is 72.6 Å². The van der Waals surface area contributed by atoms with Crippen molar-refractivity contribution in [2.24, 2.45) is 0 Å². The Bertz CT molecular complexity index is 834. The SMILES string of the molecule is O=C(NCCCCOc1c(Br)cc(OCC=C(Cl)Cl)cc1Br)c1ccc(Cl)cc1. The number of amides is 1. The van der Waals surface area contributed by atoms with Gasteiger partial charge in [0.15, 0.2) is 0 Å². The minimum atomic E-state index is -0.117. The van der Waals surface area contributed by atoms with Gasteiger partial charge in [-0.15, -0.1) is 0 Å². The summed E-state index contributed by atoms with van der Waals surface area (Å²) in [5.74, 6) is 1.22. The van der Waals surface area contributed by atoms with Gasteiger partial charge in [0.1, 0.15) is 22.6 Å². The molecule has 29 heavy (non-hydrogen) atoms. The van der Waals surface area contributed by atoms with E-state index in [1.807, 2.05) is 12.1 Å². The molecular formula is C20H18Br2Cl3NO3. The predicted octanol–water partition coefficient (Wildman–Crippen LogP) is 7.15. The van der Waals surface area contributed by atoms with Crippen LogP contribution in [0.15, 0.2) is 55.9 Å². The van der Waals surface area contributed by atoms with E-state index in [1.54, 1.807) is 30.3 Å². The molecule has 0 saturated carbocycles. The number of nitrogens with one attached hydrogen (secondary N) is 1. The van der Waals surface area contributed by atoms with Gasteiger partial charge in [0.25, 0.3) is 5.91 Å². The summed E-state index contributed by atoms with van der Waals surface area (Å²) in [6.45, 7) is 1.35. The van der Waals surface area contributed by atoms with Gasteiger partial charge in [0.05, 0.1) is 15.6 Å². The van der Waals surface area contributed by atoms with Crippen molar-refractivity contribution in [2.45, 2.75) is 12.8 Å². The molecule has 0 saturated heterocycles. The van der Waals surface area contributed by atoms with Crippen molar-refractivity contribution < 1.29 is 14.3 Å². The van der Waals surface area contributed by atoms with Gasteiger partial charge < -0.3 is 14.8 Å². The number of hydrogen-bond donors (Lipinski definition) is 1. The van der Waals surface area contributed by atoms with Crippen molar-refractivity contribution in [1.82, 2.24) is 5.32 Å². The molecule has 0 aliphatic rings. The predicted molar refractivity (Wildman–Crippen MR) is 126 cm³/mol. The maximum atomic E-state index is 12.0. The van der Waals surface area contributed by atoms with Crippen molar-refractivity contribution in [3.63, 3.8) is 0 Å². The van der Waals surface area contributed by atoms with Crippen LogP contribution in [0.2, 0.25) is 5.02 Å². The van der Waals surface area contributed by atoms with Crippen molar-refractivity contribution in [3.05, 3.63) is 66.5 Å². The standard InChI is InChI=1S/C20H18Br2Cl3NO3/c21-16-11-15(28-10-7-18(24)25)12-17(22)19(16)29-9-2-1-8-26-20(27)13-3-5-14(23)6-4-13/h3-7,11-12H,1-2,8-10H2,(H,26,27). The number of unbranched alkanes of at least 4 members (excludes halogenated alkanes) is 1. The van der Waals surface area contributed by atoms with Gasteiger partial charge in [-0.25, -0.2) is 0 Å². The molecule has 0 aromatic heterocycles. The van der Waals surface area contributed by atoms with Crippen LogP contribution < -0.4 is 14.8 Å². The normalized spacial score (nSPS) is 10.4. The van der Waals surface area contributed by atoms with E-state index in [9.17, 15) is 4.79 Å². The first-order chi connectivity index (χ1) is 13.9. The van der Waals surface area contributed by atoms with Gasteiger partial charge in [-0.05, 0) is 87.2 Å². The molecule has 2 aromatic rings. The van der Waals surface area contributed by atoms with E-state index < -0.39 is 0 Å². The number of carbonyl (C=O) groups excluding carboxylic acids is 1. The van der Waals surface area contributed by atoms with Crippen LogP contribution in [0.5, 0.6) is 11.5 Å². The Morgan fingerprint density at radius 1 is 1.03 bits per heavy atom. The zero-order valence-corrected chi connectivity index (χ0v) is 20.6. The fourth-order valence-electron chi connectivity index (χ4n) is 2.27. The Labute approximate surface area is 201 Å². The van der Waals surface area contributed by atoms with Crippen molar-refractivity contribution in [3.8, 4) is 11.5 Å². The molecular weight excluding hydrogens is 568 g/mol. The number of carbonyl (C=O) groups is 1. The summed E-state index contributed by atoms with van der Waals surface area (Å²) >= 11 is 23.9. The van der Waals surface area contributed by atoms with E-state index in [-0.39, 0.29) is 17.0 Å². The first-order valence-corrected chi connectivity index (χ1v) is 11.4. The summed E-state index contributed by atoms with van der Waals surface area (Å²) in [5.41, 5.74) is 0.588. The van der Waals surface area contributed by atoms with Crippen LogP contribution in [-0.4, -0.2) is 25.7 Å². The number of benzene rings is 2. The van der Waals surface area contributed by atoms with Crippen molar-refractivity contribution in [1.29, 1.82) is 0 Å². The molecule has 9 heteroatoms. The largest absolute Gasteiger partial charge is 0.491 e. The monoisotopic (exact) mass is 583 g/mol. The van der Waals surface area contributed by atoms with Gasteiger partial charge in [-0.3, -0.25) is 4.79 Å². The Morgan fingerprint density at radius 2 is 1.69 bits per heavy atom. The molecule has 0 heterocycles. The van der Waals surface area contributed by atoms with E-state index in [0.29, 0.717) is 35.2 Å². The number of rotatable bonds is 10. The molecule has 2 aromatic carbocycles. The van der Waals surface area contributed by atoms with Crippen LogP contribution in [0.1, 0.15) is 23.2 Å². The van der Waals surface area contributed by atoms with E-state index >= 15 is 0 Å². The van der Waals surface area contributed by atoms with Gasteiger partial charge >= 0.3 is 0 Å². The van der Waals surface area contributed by atoms with Crippen molar-refractivity contribution in [2.75, 3.05) is 19.8 Å². The number of hydrogen-bond acceptors (Lipinski definition) is 3. The summed E-state index contributed by atoms with van der Waals surface area (Å²) in [4.78, 5) is 12.0. The topological polar surface area (TPSA) is 47.6 Å². The molecule has 1 amide bonds. The molecule has 0 bridgehead atoms. The minimum Gasteiger partial charge on any atom is -0.491 e. The first-order valence-electron chi connectivity index (χ1n) is 8.66. The third-order valence-electron chi connectivity index (χ3n) is 3.67. The molecule has 1 N–H and O–H groups in total. The average molecular weight is 587 g/mol. The summed E-state index contributed by atoms with van der Waals surface area (Å²) < 4.78 is 13.1. The second-order valence-corrected chi connectivity index (χ2v) is 8.99. The second kappa shape index (κ2) is 12.7. The maximum Gasteiger partial charge on any atom is 0.251 e. The van der Waals surface area contributed by atoms with Gasteiger partial charge in [0, 0.05) is 17.1 Å². The lowest BCUT2D eigenvalue weighted by molar-refractivity contribution is 0.0952. The highest BCUT2D eigenvalue weighted by atomic mass is 79.9. The minimum absolute atomic E-state index is 0.117. The third-order valence-corrected chi connectivity index (χ3v) is 5.41. The Kier molecular flexibility index (Phi) is 10.7. The van der Waals surface area contributed by atoms with Crippen LogP contribution in [0, 0.1) is 0 Å². The highest BCUT2D eigenvalue weighted by molar-refractivity contribution is 9.11. The highest BCUT2D eigenvalue weighted by Crippen LogP contribution is 2.37. The summed E-state index contributed by atoms with van der Waals surface area (Å²) in [5, 5.41) is 3.48. The summed E-state index contributed by atoms with van der Waals surface area (Å²) in [6, 6.07) is 10.4. The fraction of sp³-hybridized carbons (Fsp3) is 0.250. The van der Waals surface area contributed by atoms with E-state index in [4.69, 9.17) is 44.3 Å². The molecule has 0 unspecified atom stereocenters. The molecule has 0 fully saturated rings. The Balaban J connectivity index is 1.72. The molecule has 2 rings (SSSR count). The number of halogens is 5. The summed E-state index contributed by atoms with van der Waals surface area (Å²) in [7, 11) is 0. The molecule has 0 radical (unpaired) electrons. The molecule has 0 aliphatic carbocycles. The molecule has 0 spiro atoms. The van der Waals surface area contributed by atoms with Gasteiger partial charge in [-0.2, -0.15) is 0 Å². The van der Waals surface area contributed by atoms with Gasteiger partial charge in [-0.1, -0.05) is 34.8 Å². The van der Waals surface area contributed by atoms with Crippen LogP contribution in [0.3, 0.4) is 0 Å². The Morgan fingerprint density at radius 3 is 2.31 bits per heavy atom. The molecule has 0 aliphatic heterocycles. The molecule has 0 atom stereocenters.